The largest absolute Gasteiger partial charge is 0.478 e. The molecule has 0 unspecified atom stereocenters. The highest BCUT2D eigenvalue weighted by Gasteiger charge is 2.12. The van der Waals surface area contributed by atoms with Crippen molar-refractivity contribution in [1.29, 1.82) is 0 Å². The minimum absolute atomic E-state index is 0.426. The monoisotopic (exact) mass is 175 g/mol. The summed E-state index contributed by atoms with van der Waals surface area (Å²) in [4.78, 5) is 13.6. The third-order valence-electron chi connectivity index (χ3n) is 1.08. The molecule has 1 N–H and O–H groups in total. The van der Waals surface area contributed by atoms with Gasteiger partial charge in [-0.15, -0.1) is 0 Å². The van der Waals surface area contributed by atoms with Gasteiger partial charge in [0.25, 0.3) is 0 Å². The molecule has 0 fully saturated rings. The molecule has 1 aromatic rings. The van der Waals surface area contributed by atoms with Gasteiger partial charge in [0.15, 0.2) is 11.0 Å². The van der Waals surface area contributed by atoms with Gasteiger partial charge in [-0.1, -0.05) is 11.6 Å². The predicted molar refractivity (Wildman–Crippen MR) is 36.2 cm³/mol. The minimum Gasteiger partial charge on any atom is -0.478 e. The van der Waals surface area contributed by atoms with Gasteiger partial charge in [0.05, 0.1) is 5.56 Å². The number of halogens is 2. The third-order valence-corrected chi connectivity index (χ3v) is 1.34. The fraction of sp³-hybridized carbons (Fsp3) is 0. The van der Waals surface area contributed by atoms with Crippen molar-refractivity contribution in [2.45, 2.75) is 0 Å². The second-order valence-corrected chi connectivity index (χ2v) is 2.13. The van der Waals surface area contributed by atoms with Crippen LogP contribution in [0.2, 0.25) is 5.15 Å². The highest BCUT2D eigenvalue weighted by molar-refractivity contribution is 6.29. The molecule has 1 aromatic heterocycles. The normalized spacial score (nSPS) is 9.64. The molecule has 0 aliphatic carbocycles. The number of aromatic carboxylic acids is 1. The molecule has 58 valence electrons. The summed E-state index contributed by atoms with van der Waals surface area (Å²) < 4.78 is 12.7. The van der Waals surface area contributed by atoms with Gasteiger partial charge in [0.2, 0.25) is 0 Å². The van der Waals surface area contributed by atoms with Crippen molar-refractivity contribution in [3.05, 3.63) is 28.8 Å². The molecule has 0 spiro atoms. The number of carboxylic acid groups (broad SMARTS) is 1. The zero-order valence-corrected chi connectivity index (χ0v) is 5.97. The topological polar surface area (TPSA) is 50.2 Å². The van der Waals surface area contributed by atoms with Crippen LogP contribution in [0.25, 0.3) is 0 Å². The molecule has 1 heterocycles. The number of aromatic nitrogens is 1. The molecule has 3 nitrogen and oxygen atoms in total. The Balaban J connectivity index is 3.27. The highest BCUT2D eigenvalue weighted by Crippen LogP contribution is 2.14. The van der Waals surface area contributed by atoms with Crippen LogP contribution >= 0.6 is 11.6 Å². The van der Waals surface area contributed by atoms with Crippen molar-refractivity contribution in [3.8, 4) is 0 Å². The van der Waals surface area contributed by atoms with Gasteiger partial charge in [-0.25, -0.2) is 14.2 Å². The summed E-state index contributed by atoms with van der Waals surface area (Å²) in [5.74, 6) is -2.35. The molecule has 0 aromatic carbocycles. The smallest absolute Gasteiger partial charge is 0.338 e. The summed E-state index contributed by atoms with van der Waals surface area (Å²) in [6.45, 7) is 0. The first kappa shape index (κ1) is 7.94. The molecule has 0 aliphatic heterocycles. The first-order chi connectivity index (χ1) is 5.13. The minimum atomic E-state index is -1.35. The lowest BCUT2D eigenvalue weighted by Gasteiger charge is -1.96. The number of hydrogen-bond donors (Lipinski definition) is 1. The van der Waals surface area contributed by atoms with Crippen molar-refractivity contribution >= 4 is 17.6 Å². The van der Waals surface area contributed by atoms with Gasteiger partial charge in [-0.05, 0) is 6.07 Å². The second kappa shape index (κ2) is 2.84. The molecule has 0 saturated carbocycles. The third kappa shape index (κ3) is 1.46. The van der Waals surface area contributed by atoms with E-state index in [1.165, 1.54) is 0 Å². The molecule has 1 rings (SSSR count). The van der Waals surface area contributed by atoms with E-state index in [9.17, 15) is 9.18 Å². The highest BCUT2D eigenvalue weighted by atomic mass is 35.5. The Morgan fingerprint density at radius 1 is 1.73 bits per heavy atom. The van der Waals surface area contributed by atoms with Crippen molar-refractivity contribution in [1.82, 2.24) is 4.98 Å². The van der Waals surface area contributed by atoms with Crippen LogP contribution in [0.3, 0.4) is 0 Å². The molecule has 0 radical (unpaired) electrons. The average Bonchev–Trinajstić information content (AvgIpc) is 1.94. The molecule has 5 heteroatoms. The van der Waals surface area contributed by atoms with Crippen molar-refractivity contribution in [2.75, 3.05) is 0 Å². The van der Waals surface area contributed by atoms with E-state index in [0.29, 0.717) is 0 Å². The summed E-state index contributed by atoms with van der Waals surface area (Å²) in [5, 5.41) is 7.94. The lowest BCUT2D eigenvalue weighted by molar-refractivity contribution is 0.0691. The van der Waals surface area contributed by atoms with Crippen LogP contribution < -0.4 is 0 Å². The summed E-state index contributed by atoms with van der Waals surface area (Å²) in [7, 11) is 0. The Kier molecular flexibility index (Phi) is 2.05. The Hall–Kier alpha value is -1.16. The zero-order chi connectivity index (χ0) is 8.43. The van der Waals surface area contributed by atoms with Crippen LogP contribution in [-0.2, 0) is 0 Å². The lowest BCUT2D eigenvalue weighted by Crippen LogP contribution is -2.01. The molecular formula is C6H3ClFNO2. The molecule has 11 heavy (non-hydrogen) atoms. The number of carboxylic acids is 1. The first-order valence-electron chi connectivity index (χ1n) is 2.66. The second-order valence-electron chi connectivity index (χ2n) is 1.77. The first-order valence-corrected chi connectivity index (χ1v) is 3.04. The number of nitrogens with zero attached hydrogens (tertiary/aromatic N) is 1. The molecular weight excluding hydrogens is 173 g/mol. The SMILES string of the molecule is O=C(O)c1ccnc(Cl)c1F. The zero-order valence-electron chi connectivity index (χ0n) is 5.21. The maximum atomic E-state index is 12.7. The fourth-order valence-electron chi connectivity index (χ4n) is 0.583. The van der Waals surface area contributed by atoms with Gasteiger partial charge in [-0.2, -0.15) is 0 Å². The van der Waals surface area contributed by atoms with Crippen molar-refractivity contribution in [3.63, 3.8) is 0 Å². The number of carbonyl (C=O) groups is 1. The summed E-state index contributed by atoms with van der Waals surface area (Å²) >= 11 is 5.21. The molecule has 0 atom stereocenters. The van der Waals surface area contributed by atoms with E-state index in [4.69, 9.17) is 16.7 Å². The Morgan fingerprint density at radius 3 is 2.82 bits per heavy atom. The fourth-order valence-corrected chi connectivity index (χ4v) is 0.742. The van der Waals surface area contributed by atoms with E-state index >= 15 is 0 Å². The van der Waals surface area contributed by atoms with Crippen LogP contribution in [0.5, 0.6) is 0 Å². The van der Waals surface area contributed by atoms with E-state index in [2.05, 4.69) is 4.98 Å². The molecule has 0 saturated heterocycles. The summed E-state index contributed by atoms with van der Waals surface area (Å²) in [6, 6.07) is 1.05. The van der Waals surface area contributed by atoms with E-state index in [0.717, 1.165) is 12.3 Å². The van der Waals surface area contributed by atoms with Gasteiger partial charge < -0.3 is 5.11 Å². The van der Waals surface area contributed by atoms with E-state index < -0.39 is 22.5 Å². The Morgan fingerprint density at radius 2 is 2.36 bits per heavy atom. The van der Waals surface area contributed by atoms with Crippen molar-refractivity contribution in [2.24, 2.45) is 0 Å². The maximum absolute atomic E-state index is 12.7. The van der Waals surface area contributed by atoms with E-state index in [-0.39, 0.29) is 0 Å². The van der Waals surface area contributed by atoms with Crippen LogP contribution in [0.4, 0.5) is 4.39 Å². The number of rotatable bonds is 1. The average molecular weight is 176 g/mol. The van der Waals surface area contributed by atoms with Gasteiger partial charge in [0.1, 0.15) is 0 Å². The van der Waals surface area contributed by atoms with Crippen LogP contribution in [0.1, 0.15) is 10.4 Å². The Bertz CT molecular complexity index is 303. The van der Waals surface area contributed by atoms with Crippen LogP contribution in [0.15, 0.2) is 12.3 Å². The summed E-state index contributed by atoms with van der Waals surface area (Å²) in [6.07, 6.45) is 1.13. The molecule has 0 amide bonds. The van der Waals surface area contributed by atoms with Gasteiger partial charge in [-0.3, -0.25) is 0 Å². The van der Waals surface area contributed by atoms with Gasteiger partial charge >= 0.3 is 5.97 Å². The molecule has 0 aliphatic rings. The van der Waals surface area contributed by atoms with Crippen LogP contribution in [0, 0.1) is 5.82 Å². The lowest BCUT2D eigenvalue weighted by atomic mass is 10.3. The van der Waals surface area contributed by atoms with E-state index in [1.807, 2.05) is 0 Å². The van der Waals surface area contributed by atoms with Gasteiger partial charge in [0, 0.05) is 6.20 Å². The number of hydrogen-bond acceptors (Lipinski definition) is 2. The van der Waals surface area contributed by atoms with Crippen LogP contribution in [-0.4, -0.2) is 16.1 Å². The summed E-state index contributed by atoms with van der Waals surface area (Å²) in [5.41, 5.74) is -0.468. The maximum Gasteiger partial charge on any atom is 0.338 e. The van der Waals surface area contributed by atoms with Crippen molar-refractivity contribution < 1.29 is 14.3 Å². The molecule has 0 bridgehead atoms. The standard InChI is InChI=1S/C6H3ClFNO2/c7-5-4(8)3(6(10)11)1-2-9-5/h1-2H,(H,10,11). The quantitative estimate of drug-likeness (QED) is 0.660. The predicted octanol–water partition coefficient (Wildman–Crippen LogP) is 1.57. The number of pyridine rings is 1. The van der Waals surface area contributed by atoms with E-state index in [1.54, 1.807) is 0 Å². The Labute approximate surface area is 66.4 Å².